The molecule has 2 aliphatic rings. The van der Waals surface area contributed by atoms with E-state index in [0.29, 0.717) is 11.7 Å². The van der Waals surface area contributed by atoms with Gasteiger partial charge in [0.1, 0.15) is 0 Å². The maximum absolute atomic E-state index is 12.3. The summed E-state index contributed by atoms with van der Waals surface area (Å²) in [6.07, 6.45) is 0.261. The summed E-state index contributed by atoms with van der Waals surface area (Å²) in [6, 6.07) is 5.92. The first-order valence-corrected chi connectivity index (χ1v) is 8.39. The highest BCUT2D eigenvalue weighted by Crippen LogP contribution is 2.29. The van der Waals surface area contributed by atoms with Crippen LogP contribution in [0.3, 0.4) is 0 Å². The van der Waals surface area contributed by atoms with Gasteiger partial charge in [-0.3, -0.25) is 14.6 Å². The number of nitrogens with zero attached hydrogens (tertiary/aromatic N) is 2. The van der Waals surface area contributed by atoms with Crippen molar-refractivity contribution in [2.75, 3.05) is 23.7 Å². The van der Waals surface area contributed by atoms with Gasteiger partial charge in [-0.1, -0.05) is 23.9 Å². The van der Waals surface area contributed by atoms with Gasteiger partial charge >= 0.3 is 0 Å². The minimum absolute atomic E-state index is 0.00913. The summed E-state index contributed by atoms with van der Waals surface area (Å²) < 4.78 is 0. The van der Waals surface area contributed by atoms with Crippen molar-refractivity contribution in [2.24, 2.45) is 10.9 Å². The molecule has 1 aromatic rings. The highest BCUT2D eigenvalue weighted by atomic mass is 32.2. The number of hydrogen-bond donors (Lipinski definition) is 1. The Balaban J connectivity index is 1.72. The first-order valence-electron chi connectivity index (χ1n) is 7.41. The number of hydrogen-bond acceptors (Lipinski definition) is 4. The fourth-order valence-corrected chi connectivity index (χ4v) is 3.49. The number of carbonyl (C=O) groups excluding carboxylic acids is 2. The van der Waals surface area contributed by atoms with E-state index in [9.17, 15) is 9.59 Å². The second-order valence-electron chi connectivity index (χ2n) is 5.65. The van der Waals surface area contributed by atoms with E-state index in [1.807, 2.05) is 32.0 Å². The number of benzene rings is 1. The van der Waals surface area contributed by atoms with Crippen molar-refractivity contribution in [3.8, 4) is 0 Å². The van der Waals surface area contributed by atoms with E-state index in [2.05, 4.69) is 10.3 Å². The van der Waals surface area contributed by atoms with Gasteiger partial charge in [-0.15, -0.1) is 0 Å². The van der Waals surface area contributed by atoms with Crippen LogP contribution in [-0.2, 0) is 9.59 Å². The molecule has 1 N–H and O–H groups in total. The minimum Gasteiger partial charge on any atom is -0.311 e. The Hall–Kier alpha value is -1.82. The van der Waals surface area contributed by atoms with E-state index < -0.39 is 0 Å². The molecular formula is C16H19N3O2S. The van der Waals surface area contributed by atoms with Crippen LogP contribution in [0.4, 0.5) is 5.69 Å². The van der Waals surface area contributed by atoms with E-state index in [1.165, 1.54) is 0 Å². The van der Waals surface area contributed by atoms with Crippen molar-refractivity contribution in [2.45, 2.75) is 20.3 Å². The average Bonchev–Trinajstić information content (AvgIpc) is 3.12. The predicted octanol–water partition coefficient (Wildman–Crippen LogP) is 1.88. The Kier molecular flexibility index (Phi) is 4.20. The molecule has 2 amide bonds. The number of thioether (sulfide) groups is 1. The summed E-state index contributed by atoms with van der Waals surface area (Å²) in [5.41, 5.74) is 3.15. The van der Waals surface area contributed by atoms with E-state index >= 15 is 0 Å². The maximum Gasteiger partial charge on any atom is 0.231 e. The Labute approximate surface area is 134 Å². The minimum atomic E-state index is -0.309. The molecule has 0 radical (unpaired) electrons. The predicted molar refractivity (Wildman–Crippen MR) is 89.3 cm³/mol. The molecule has 1 saturated heterocycles. The Morgan fingerprint density at radius 2 is 2.23 bits per heavy atom. The van der Waals surface area contributed by atoms with Gasteiger partial charge < -0.3 is 10.2 Å². The third kappa shape index (κ3) is 2.88. The number of amidine groups is 1. The van der Waals surface area contributed by atoms with Crippen LogP contribution in [0.25, 0.3) is 0 Å². The molecule has 0 saturated carbocycles. The van der Waals surface area contributed by atoms with Gasteiger partial charge in [-0.2, -0.15) is 0 Å². The van der Waals surface area contributed by atoms with Crippen molar-refractivity contribution in [3.05, 3.63) is 29.3 Å². The highest BCUT2D eigenvalue weighted by Gasteiger charge is 2.36. The molecular weight excluding hydrogens is 298 g/mol. The number of anilines is 1. The van der Waals surface area contributed by atoms with E-state index in [4.69, 9.17) is 0 Å². The molecule has 1 unspecified atom stereocenters. The van der Waals surface area contributed by atoms with Gasteiger partial charge in [0.05, 0.1) is 12.5 Å². The molecule has 0 spiro atoms. The number of amides is 2. The lowest BCUT2D eigenvalue weighted by molar-refractivity contribution is -0.125. The van der Waals surface area contributed by atoms with Crippen LogP contribution in [-0.4, -0.2) is 35.8 Å². The zero-order valence-corrected chi connectivity index (χ0v) is 13.6. The molecule has 6 heteroatoms. The number of aliphatic imine (C=N–C) groups is 1. The van der Waals surface area contributed by atoms with Gasteiger partial charge in [0.15, 0.2) is 5.17 Å². The fraction of sp³-hybridized carbons (Fsp3) is 0.438. The van der Waals surface area contributed by atoms with Crippen molar-refractivity contribution in [1.82, 2.24) is 5.32 Å². The lowest BCUT2D eigenvalue weighted by Gasteiger charge is -2.20. The van der Waals surface area contributed by atoms with Gasteiger partial charge in [0.25, 0.3) is 0 Å². The molecule has 0 aliphatic carbocycles. The SMILES string of the molecule is Cc1cccc(N2CC(C(=O)NC3=NCCS3)CC2=O)c1C. The zero-order valence-electron chi connectivity index (χ0n) is 12.8. The number of carbonyl (C=O) groups is 2. The molecule has 22 heavy (non-hydrogen) atoms. The van der Waals surface area contributed by atoms with Gasteiger partial charge in [-0.05, 0) is 31.0 Å². The maximum atomic E-state index is 12.3. The summed E-state index contributed by atoms with van der Waals surface area (Å²) in [4.78, 5) is 30.5. The van der Waals surface area contributed by atoms with Crippen LogP contribution in [0.1, 0.15) is 17.5 Å². The molecule has 2 heterocycles. The first kappa shape index (κ1) is 15.1. The molecule has 0 bridgehead atoms. The first-order chi connectivity index (χ1) is 10.6. The smallest absolute Gasteiger partial charge is 0.231 e. The number of aryl methyl sites for hydroxylation is 1. The van der Waals surface area contributed by atoms with Crippen molar-refractivity contribution in [1.29, 1.82) is 0 Å². The van der Waals surface area contributed by atoms with Crippen molar-refractivity contribution in [3.63, 3.8) is 0 Å². The quantitative estimate of drug-likeness (QED) is 0.906. The summed E-state index contributed by atoms with van der Waals surface area (Å²) in [6.45, 7) is 5.22. The average molecular weight is 317 g/mol. The molecule has 0 aromatic heterocycles. The molecule has 3 rings (SSSR count). The van der Waals surface area contributed by atoms with Crippen LogP contribution < -0.4 is 10.2 Å². The zero-order chi connectivity index (χ0) is 15.7. The summed E-state index contributed by atoms with van der Waals surface area (Å²) in [5.74, 6) is 0.508. The van der Waals surface area contributed by atoms with Crippen molar-refractivity contribution < 1.29 is 9.59 Å². The largest absolute Gasteiger partial charge is 0.311 e. The third-order valence-corrected chi connectivity index (χ3v) is 5.07. The van der Waals surface area contributed by atoms with Crippen LogP contribution in [0.2, 0.25) is 0 Å². The Morgan fingerprint density at radius 1 is 1.41 bits per heavy atom. The normalized spacial score (nSPS) is 21.2. The second-order valence-corrected chi connectivity index (χ2v) is 6.73. The lowest BCUT2D eigenvalue weighted by atomic mass is 10.1. The topological polar surface area (TPSA) is 61.8 Å². The van der Waals surface area contributed by atoms with Crippen LogP contribution in [0.15, 0.2) is 23.2 Å². The standard InChI is InChI=1S/C16H19N3O2S/c1-10-4-3-5-13(11(10)2)19-9-12(8-14(19)20)15(21)18-16-17-6-7-22-16/h3-5,12H,6-9H2,1-2H3,(H,17,18,21). The van der Waals surface area contributed by atoms with Crippen LogP contribution in [0, 0.1) is 19.8 Å². The molecule has 1 aromatic carbocycles. The lowest BCUT2D eigenvalue weighted by Crippen LogP contribution is -2.35. The summed E-state index contributed by atoms with van der Waals surface area (Å²) in [7, 11) is 0. The summed E-state index contributed by atoms with van der Waals surface area (Å²) >= 11 is 1.55. The third-order valence-electron chi connectivity index (χ3n) is 4.18. The van der Waals surface area contributed by atoms with Gasteiger partial charge in [0.2, 0.25) is 11.8 Å². The fourth-order valence-electron chi connectivity index (χ4n) is 2.76. The molecule has 1 atom stereocenters. The van der Waals surface area contributed by atoms with E-state index in [1.54, 1.807) is 16.7 Å². The highest BCUT2D eigenvalue weighted by molar-refractivity contribution is 8.14. The van der Waals surface area contributed by atoms with E-state index in [0.717, 1.165) is 29.1 Å². The number of rotatable bonds is 2. The molecule has 5 nitrogen and oxygen atoms in total. The van der Waals surface area contributed by atoms with Crippen molar-refractivity contribution >= 4 is 34.4 Å². The van der Waals surface area contributed by atoms with Crippen LogP contribution in [0.5, 0.6) is 0 Å². The molecule has 2 aliphatic heterocycles. The van der Waals surface area contributed by atoms with Gasteiger partial charge in [-0.25, -0.2) is 0 Å². The Bertz CT molecular complexity index is 657. The van der Waals surface area contributed by atoms with Crippen LogP contribution >= 0.6 is 11.8 Å². The van der Waals surface area contributed by atoms with Gasteiger partial charge in [0, 0.05) is 24.4 Å². The number of nitrogens with one attached hydrogen (secondary N) is 1. The molecule has 116 valence electrons. The van der Waals surface area contributed by atoms with E-state index in [-0.39, 0.29) is 24.2 Å². The second kappa shape index (κ2) is 6.12. The molecule has 1 fully saturated rings. The monoisotopic (exact) mass is 317 g/mol. The Morgan fingerprint density at radius 3 is 2.95 bits per heavy atom. The summed E-state index contributed by atoms with van der Waals surface area (Å²) in [5, 5.41) is 3.52.